The van der Waals surface area contributed by atoms with E-state index in [-0.39, 0.29) is 11.5 Å². The van der Waals surface area contributed by atoms with Crippen molar-refractivity contribution < 1.29 is 4.79 Å². The molecule has 2 aromatic rings. The van der Waals surface area contributed by atoms with Crippen LogP contribution < -0.4 is 16.2 Å². The highest BCUT2D eigenvalue weighted by molar-refractivity contribution is 5.90. The number of nitrogens with one attached hydrogen (secondary N) is 3. The first-order valence-corrected chi connectivity index (χ1v) is 6.70. The molecular weight excluding hydrogens is 256 g/mol. The Kier molecular flexibility index (Phi) is 4.70. The van der Waals surface area contributed by atoms with Crippen LogP contribution in [0.2, 0.25) is 0 Å². The zero-order valence-electron chi connectivity index (χ0n) is 11.4. The van der Waals surface area contributed by atoms with Crippen LogP contribution in [0.3, 0.4) is 0 Å². The van der Waals surface area contributed by atoms with Crippen LogP contribution in [0.25, 0.3) is 10.8 Å². The maximum absolute atomic E-state index is 11.6. The van der Waals surface area contributed by atoms with E-state index in [0.29, 0.717) is 30.7 Å². The minimum Gasteiger partial charge on any atom is -0.366 e. The first-order chi connectivity index (χ1) is 9.72. The van der Waals surface area contributed by atoms with E-state index in [1.807, 2.05) is 25.1 Å². The molecule has 106 valence electrons. The van der Waals surface area contributed by atoms with Gasteiger partial charge in [-0.15, -0.1) is 0 Å². The summed E-state index contributed by atoms with van der Waals surface area (Å²) in [5.41, 5.74) is -0.206. The summed E-state index contributed by atoms with van der Waals surface area (Å²) in [6.07, 6.45) is 1.38. The quantitative estimate of drug-likeness (QED) is 0.692. The lowest BCUT2D eigenvalue weighted by Crippen LogP contribution is -2.28. The van der Waals surface area contributed by atoms with Crippen LogP contribution >= 0.6 is 0 Å². The number of rotatable bonds is 6. The molecule has 0 saturated carbocycles. The topological polar surface area (TPSA) is 86.9 Å². The van der Waals surface area contributed by atoms with Crippen LogP contribution in [-0.4, -0.2) is 29.2 Å². The van der Waals surface area contributed by atoms with Gasteiger partial charge in [0, 0.05) is 24.9 Å². The van der Waals surface area contributed by atoms with Gasteiger partial charge in [-0.1, -0.05) is 25.1 Å². The Hall–Kier alpha value is -2.37. The Bertz CT molecular complexity index is 651. The number of amides is 1. The Labute approximate surface area is 116 Å². The third kappa shape index (κ3) is 3.34. The van der Waals surface area contributed by atoms with Gasteiger partial charge in [0.2, 0.25) is 5.91 Å². The number of benzene rings is 1. The Morgan fingerprint density at radius 1 is 1.25 bits per heavy atom. The summed E-state index contributed by atoms with van der Waals surface area (Å²) < 4.78 is 0. The maximum Gasteiger partial charge on any atom is 0.272 e. The van der Waals surface area contributed by atoms with Gasteiger partial charge in [-0.2, -0.15) is 5.10 Å². The maximum atomic E-state index is 11.6. The molecule has 20 heavy (non-hydrogen) atoms. The van der Waals surface area contributed by atoms with Crippen molar-refractivity contribution in [2.24, 2.45) is 0 Å². The summed E-state index contributed by atoms with van der Waals surface area (Å²) in [6.45, 7) is 3.04. The van der Waals surface area contributed by atoms with E-state index < -0.39 is 0 Å². The fourth-order valence-electron chi connectivity index (χ4n) is 1.95. The van der Waals surface area contributed by atoms with Crippen molar-refractivity contribution in [1.29, 1.82) is 0 Å². The summed E-state index contributed by atoms with van der Waals surface area (Å²) in [5, 5.41) is 13.8. The van der Waals surface area contributed by atoms with Crippen molar-refractivity contribution in [3.05, 3.63) is 34.6 Å². The second-order valence-corrected chi connectivity index (χ2v) is 4.47. The molecule has 1 aromatic heterocycles. The van der Waals surface area contributed by atoms with Gasteiger partial charge in [0.15, 0.2) is 5.82 Å². The van der Waals surface area contributed by atoms with E-state index in [0.717, 1.165) is 11.8 Å². The number of aromatic nitrogens is 2. The normalized spacial score (nSPS) is 10.4. The van der Waals surface area contributed by atoms with Gasteiger partial charge in [0.05, 0.1) is 5.39 Å². The monoisotopic (exact) mass is 274 g/mol. The predicted molar refractivity (Wildman–Crippen MR) is 78.8 cm³/mol. The predicted octanol–water partition coefficient (Wildman–Crippen LogP) is 1.25. The van der Waals surface area contributed by atoms with Gasteiger partial charge in [-0.25, -0.2) is 5.10 Å². The first-order valence-electron chi connectivity index (χ1n) is 6.70. The molecule has 0 saturated heterocycles. The van der Waals surface area contributed by atoms with Crippen LogP contribution in [0.5, 0.6) is 0 Å². The minimum atomic E-state index is -0.206. The van der Waals surface area contributed by atoms with Crippen molar-refractivity contribution >= 4 is 22.5 Å². The number of fused-ring (bicyclic) bond motifs is 1. The number of nitrogens with zero attached hydrogens (tertiary/aromatic N) is 1. The molecule has 6 heteroatoms. The van der Waals surface area contributed by atoms with E-state index in [4.69, 9.17) is 0 Å². The molecule has 0 atom stereocenters. The van der Waals surface area contributed by atoms with Crippen LogP contribution in [-0.2, 0) is 4.79 Å². The molecule has 1 heterocycles. The van der Waals surface area contributed by atoms with Crippen molar-refractivity contribution in [3.63, 3.8) is 0 Å². The van der Waals surface area contributed by atoms with Gasteiger partial charge < -0.3 is 10.6 Å². The molecule has 3 N–H and O–H groups in total. The van der Waals surface area contributed by atoms with E-state index in [1.54, 1.807) is 6.07 Å². The second kappa shape index (κ2) is 6.70. The van der Waals surface area contributed by atoms with Gasteiger partial charge in [0.1, 0.15) is 0 Å². The van der Waals surface area contributed by atoms with E-state index in [1.165, 1.54) is 0 Å². The van der Waals surface area contributed by atoms with E-state index in [9.17, 15) is 9.59 Å². The number of anilines is 1. The molecule has 0 unspecified atom stereocenters. The highest BCUT2D eigenvalue weighted by atomic mass is 16.1. The van der Waals surface area contributed by atoms with Crippen LogP contribution in [0.4, 0.5) is 5.82 Å². The van der Waals surface area contributed by atoms with Crippen molar-refractivity contribution in [2.45, 2.75) is 19.8 Å². The summed E-state index contributed by atoms with van der Waals surface area (Å²) in [7, 11) is 0. The Balaban J connectivity index is 1.99. The third-order valence-electron chi connectivity index (χ3n) is 2.91. The van der Waals surface area contributed by atoms with Gasteiger partial charge >= 0.3 is 0 Å². The minimum absolute atomic E-state index is 0.0496. The summed E-state index contributed by atoms with van der Waals surface area (Å²) >= 11 is 0. The Morgan fingerprint density at radius 2 is 2.00 bits per heavy atom. The molecule has 0 spiro atoms. The van der Waals surface area contributed by atoms with Crippen molar-refractivity contribution in [1.82, 2.24) is 15.5 Å². The summed E-state index contributed by atoms with van der Waals surface area (Å²) in [5.74, 6) is 0.665. The number of aromatic amines is 1. The van der Waals surface area contributed by atoms with E-state index in [2.05, 4.69) is 20.8 Å². The standard InChI is InChI=1S/C14H18N4O2/c1-2-5-12(19)15-8-9-16-13-10-6-3-4-7-11(10)14(20)18-17-13/h3-4,6-7H,2,5,8-9H2,1H3,(H,15,19)(H,16,17)(H,18,20). The lowest BCUT2D eigenvalue weighted by atomic mass is 10.2. The smallest absolute Gasteiger partial charge is 0.272 e. The molecule has 6 nitrogen and oxygen atoms in total. The van der Waals surface area contributed by atoms with Crippen LogP contribution in [0, 0.1) is 0 Å². The third-order valence-corrected chi connectivity index (χ3v) is 2.91. The highest BCUT2D eigenvalue weighted by Crippen LogP contribution is 2.16. The zero-order valence-corrected chi connectivity index (χ0v) is 11.4. The molecular formula is C14H18N4O2. The van der Waals surface area contributed by atoms with Gasteiger partial charge in [-0.05, 0) is 12.5 Å². The molecule has 1 aromatic carbocycles. The lowest BCUT2D eigenvalue weighted by Gasteiger charge is -2.08. The molecule has 0 bridgehead atoms. The van der Waals surface area contributed by atoms with Crippen molar-refractivity contribution in [3.8, 4) is 0 Å². The number of carbonyl (C=O) groups excluding carboxylic acids is 1. The molecule has 0 aliphatic heterocycles. The number of H-pyrrole nitrogens is 1. The highest BCUT2D eigenvalue weighted by Gasteiger charge is 2.05. The first kappa shape index (κ1) is 14.0. The summed E-state index contributed by atoms with van der Waals surface area (Å²) in [4.78, 5) is 22.9. The van der Waals surface area contributed by atoms with E-state index >= 15 is 0 Å². The SMILES string of the molecule is CCCC(=O)NCCNc1n[nH]c(=O)c2ccccc12. The second-order valence-electron chi connectivity index (χ2n) is 4.47. The lowest BCUT2D eigenvalue weighted by molar-refractivity contribution is -0.121. The van der Waals surface area contributed by atoms with Gasteiger partial charge in [-0.3, -0.25) is 9.59 Å². The van der Waals surface area contributed by atoms with Crippen LogP contribution in [0.1, 0.15) is 19.8 Å². The zero-order chi connectivity index (χ0) is 14.4. The molecule has 0 aliphatic carbocycles. The van der Waals surface area contributed by atoms with Crippen molar-refractivity contribution in [2.75, 3.05) is 18.4 Å². The summed E-state index contributed by atoms with van der Waals surface area (Å²) in [6, 6.07) is 7.27. The number of hydrogen-bond acceptors (Lipinski definition) is 4. The average Bonchev–Trinajstić information content (AvgIpc) is 2.46. The fraction of sp³-hybridized carbons (Fsp3) is 0.357. The largest absolute Gasteiger partial charge is 0.366 e. The average molecular weight is 274 g/mol. The molecule has 0 aliphatic rings. The molecule has 1 amide bonds. The molecule has 2 rings (SSSR count). The number of hydrogen-bond donors (Lipinski definition) is 3. The van der Waals surface area contributed by atoms with Crippen LogP contribution in [0.15, 0.2) is 29.1 Å². The molecule has 0 radical (unpaired) electrons. The number of carbonyl (C=O) groups is 1. The van der Waals surface area contributed by atoms with Gasteiger partial charge in [0.25, 0.3) is 5.56 Å². The molecule has 0 fully saturated rings. The fourth-order valence-corrected chi connectivity index (χ4v) is 1.95. The Morgan fingerprint density at radius 3 is 2.75 bits per heavy atom.